The predicted molar refractivity (Wildman–Crippen MR) is 35.3 cm³/mol. The van der Waals surface area contributed by atoms with Crippen LogP contribution >= 0.6 is 15.9 Å². The molecule has 38 valence electrons. The Hall–Kier alpha value is -0.0400. The number of rotatable bonds is 0. The van der Waals surface area contributed by atoms with E-state index in [1.807, 2.05) is 0 Å². The number of hydrogen-bond donors (Lipinski definition) is 0. The molecule has 1 heteroatoms. The first-order valence-electron chi connectivity index (χ1n) is 2.34. The molecule has 0 heterocycles. The maximum Gasteiger partial charge on any atom is 0.00589 e. The van der Waals surface area contributed by atoms with Crippen molar-refractivity contribution in [3.8, 4) is 0 Å². The average molecular weight is 159 g/mol. The largest absolute Gasteiger partial charge is 0.0767 e. The lowest BCUT2D eigenvalue weighted by molar-refractivity contribution is 0.946. The van der Waals surface area contributed by atoms with E-state index >= 15 is 0 Å². The quantitative estimate of drug-likeness (QED) is 0.509. The highest BCUT2D eigenvalue weighted by Gasteiger charge is 2.02. The van der Waals surface area contributed by atoms with Crippen molar-refractivity contribution in [3.05, 3.63) is 22.7 Å². The van der Waals surface area contributed by atoms with Gasteiger partial charge in [-0.25, -0.2) is 0 Å². The first-order chi connectivity index (χ1) is 3.30. The fourth-order valence-electron chi connectivity index (χ4n) is 0.558. The van der Waals surface area contributed by atoms with Crippen molar-refractivity contribution < 1.29 is 0 Å². The van der Waals surface area contributed by atoms with Gasteiger partial charge in [-0.15, -0.1) is 0 Å². The van der Waals surface area contributed by atoms with Crippen LogP contribution in [0.2, 0.25) is 0 Å². The molecule has 0 nitrogen and oxygen atoms in total. The summed E-state index contributed by atoms with van der Waals surface area (Å²) >= 11 is 3.40. The predicted octanol–water partition coefficient (Wildman–Crippen LogP) is 2.47. The molecule has 1 aliphatic carbocycles. The molecule has 7 heavy (non-hydrogen) atoms. The van der Waals surface area contributed by atoms with Crippen molar-refractivity contribution in [2.75, 3.05) is 0 Å². The molecule has 0 aromatic rings. The van der Waals surface area contributed by atoms with E-state index in [2.05, 4.69) is 41.1 Å². The van der Waals surface area contributed by atoms with Crippen LogP contribution in [-0.4, -0.2) is 0 Å². The summed E-state index contributed by atoms with van der Waals surface area (Å²) in [5.74, 6) is 0.611. The molecule has 1 atom stereocenters. The van der Waals surface area contributed by atoms with Crippen LogP contribution < -0.4 is 0 Å². The molecule has 0 amide bonds. The van der Waals surface area contributed by atoms with Crippen molar-refractivity contribution in [2.24, 2.45) is 5.92 Å². The molecule has 0 bridgehead atoms. The van der Waals surface area contributed by atoms with Gasteiger partial charge < -0.3 is 0 Å². The summed E-state index contributed by atoms with van der Waals surface area (Å²) in [4.78, 5) is 0. The summed E-state index contributed by atoms with van der Waals surface area (Å²) in [6.45, 7) is 2.16. The highest BCUT2D eigenvalue weighted by molar-refractivity contribution is 9.11. The third kappa shape index (κ3) is 0.942. The lowest BCUT2D eigenvalue weighted by Gasteiger charge is -1.94. The highest BCUT2D eigenvalue weighted by atomic mass is 79.9. The van der Waals surface area contributed by atoms with Gasteiger partial charge in [0.05, 0.1) is 0 Å². The standard InChI is InChI=1S/C6H7Br/c1-5-3-2-4-6(5)7/h2-5H,1H3. The molecule has 0 aliphatic heterocycles. The van der Waals surface area contributed by atoms with Gasteiger partial charge in [-0.2, -0.15) is 0 Å². The maximum absolute atomic E-state index is 3.40. The fraction of sp³-hybridized carbons (Fsp3) is 0.333. The Bertz CT molecular complexity index is 122. The summed E-state index contributed by atoms with van der Waals surface area (Å²) < 4.78 is 1.28. The first kappa shape index (κ1) is 5.10. The molecule has 0 saturated carbocycles. The van der Waals surface area contributed by atoms with Gasteiger partial charge in [0.25, 0.3) is 0 Å². The molecular weight excluding hydrogens is 152 g/mol. The van der Waals surface area contributed by atoms with E-state index in [9.17, 15) is 0 Å². The second-order valence-electron chi connectivity index (χ2n) is 1.73. The molecule has 0 fully saturated rings. The van der Waals surface area contributed by atoms with Gasteiger partial charge in [-0.1, -0.05) is 41.1 Å². The van der Waals surface area contributed by atoms with Crippen LogP contribution in [-0.2, 0) is 0 Å². The van der Waals surface area contributed by atoms with Crippen LogP contribution in [0.3, 0.4) is 0 Å². The minimum Gasteiger partial charge on any atom is -0.0767 e. The van der Waals surface area contributed by atoms with Crippen LogP contribution in [0, 0.1) is 5.92 Å². The Morgan fingerprint density at radius 1 is 1.71 bits per heavy atom. The van der Waals surface area contributed by atoms with Gasteiger partial charge in [0, 0.05) is 10.4 Å². The third-order valence-electron chi connectivity index (χ3n) is 1.09. The van der Waals surface area contributed by atoms with Crippen molar-refractivity contribution in [1.29, 1.82) is 0 Å². The SMILES string of the molecule is CC1C=CC=C1Br. The third-order valence-corrected chi connectivity index (χ3v) is 2.08. The molecule has 0 N–H and O–H groups in total. The minimum absolute atomic E-state index is 0.611. The average Bonchev–Trinajstić information content (AvgIpc) is 1.91. The molecule has 0 aromatic carbocycles. The molecule has 0 spiro atoms. The van der Waals surface area contributed by atoms with Gasteiger partial charge in [-0.05, 0) is 0 Å². The Balaban J connectivity index is 2.69. The molecule has 1 rings (SSSR count). The van der Waals surface area contributed by atoms with Crippen LogP contribution in [0.1, 0.15) is 6.92 Å². The number of allylic oxidation sites excluding steroid dienone is 4. The van der Waals surface area contributed by atoms with Crippen LogP contribution in [0.15, 0.2) is 22.7 Å². The summed E-state index contributed by atoms with van der Waals surface area (Å²) in [5.41, 5.74) is 0. The molecule has 0 radical (unpaired) electrons. The van der Waals surface area contributed by atoms with E-state index in [4.69, 9.17) is 0 Å². The van der Waals surface area contributed by atoms with Crippen molar-refractivity contribution in [1.82, 2.24) is 0 Å². The van der Waals surface area contributed by atoms with E-state index in [0.29, 0.717) is 5.92 Å². The second kappa shape index (κ2) is 1.83. The lowest BCUT2D eigenvalue weighted by atomic mass is 10.2. The zero-order valence-corrected chi connectivity index (χ0v) is 5.77. The van der Waals surface area contributed by atoms with E-state index in [0.717, 1.165) is 0 Å². The normalized spacial score (nSPS) is 28.3. The zero-order chi connectivity index (χ0) is 5.28. The number of halogens is 1. The molecular formula is C6H7Br. The maximum atomic E-state index is 3.40. The van der Waals surface area contributed by atoms with Gasteiger partial charge >= 0.3 is 0 Å². The fourth-order valence-corrected chi connectivity index (χ4v) is 0.863. The van der Waals surface area contributed by atoms with Gasteiger partial charge in [0.2, 0.25) is 0 Å². The topological polar surface area (TPSA) is 0 Å². The minimum atomic E-state index is 0.611. The van der Waals surface area contributed by atoms with Gasteiger partial charge in [0.15, 0.2) is 0 Å². The van der Waals surface area contributed by atoms with Gasteiger partial charge in [0.1, 0.15) is 0 Å². The van der Waals surface area contributed by atoms with Crippen LogP contribution in [0.4, 0.5) is 0 Å². The summed E-state index contributed by atoms with van der Waals surface area (Å²) in [7, 11) is 0. The molecule has 0 saturated heterocycles. The van der Waals surface area contributed by atoms with Crippen molar-refractivity contribution in [2.45, 2.75) is 6.92 Å². The summed E-state index contributed by atoms with van der Waals surface area (Å²) in [5, 5.41) is 0. The monoisotopic (exact) mass is 158 g/mol. The summed E-state index contributed by atoms with van der Waals surface area (Å²) in [6.07, 6.45) is 6.30. The van der Waals surface area contributed by atoms with E-state index in [1.54, 1.807) is 0 Å². The Morgan fingerprint density at radius 2 is 2.43 bits per heavy atom. The molecule has 1 aliphatic rings. The van der Waals surface area contributed by atoms with E-state index < -0.39 is 0 Å². The van der Waals surface area contributed by atoms with Crippen LogP contribution in [0.25, 0.3) is 0 Å². The number of hydrogen-bond acceptors (Lipinski definition) is 0. The Morgan fingerprint density at radius 3 is 2.57 bits per heavy atom. The molecule has 0 aromatic heterocycles. The summed E-state index contributed by atoms with van der Waals surface area (Å²) in [6, 6.07) is 0. The molecule has 1 unspecified atom stereocenters. The lowest BCUT2D eigenvalue weighted by Crippen LogP contribution is -1.79. The first-order valence-corrected chi connectivity index (χ1v) is 3.14. The van der Waals surface area contributed by atoms with E-state index in [1.165, 1.54) is 4.48 Å². The van der Waals surface area contributed by atoms with Gasteiger partial charge in [-0.3, -0.25) is 0 Å². The Kier molecular flexibility index (Phi) is 1.33. The smallest absolute Gasteiger partial charge is 0.00589 e. The van der Waals surface area contributed by atoms with E-state index in [-0.39, 0.29) is 0 Å². The zero-order valence-electron chi connectivity index (χ0n) is 4.19. The second-order valence-corrected chi connectivity index (χ2v) is 2.64. The van der Waals surface area contributed by atoms with Crippen molar-refractivity contribution >= 4 is 15.9 Å². The highest BCUT2D eigenvalue weighted by Crippen LogP contribution is 2.23. The van der Waals surface area contributed by atoms with Crippen LogP contribution in [0.5, 0.6) is 0 Å². The van der Waals surface area contributed by atoms with Crippen molar-refractivity contribution in [3.63, 3.8) is 0 Å². The Labute approximate surface area is 52.0 Å².